The standard InChI is InChI=1S/C19H38N2/c1-4-7-10-11-13-16-21-18-17-20(15-9-6-3)19(21)14-12-8-5-2/h17-19H,4-16H2,1-3H3. The molecule has 1 atom stereocenters. The summed E-state index contributed by atoms with van der Waals surface area (Å²) in [5, 5.41) is 0. The Bertz CT molecular complexity index is 262. The highest BCUT2D eigenvalue weighted by Crippen LogP contribution is 2.22. The van der Waals surface area contributed by atoms with Crippen molar-refractivity contribution in [3.8, 4) is 0 Å². The molecular formula is C19H38N2. The van der Waals surface area contributed by atoms with E-state index in [1.807, 2.05) is 0 Å². The third-order valence-electron chi connectivity index (χ3n) is 4.57. The zero-order valence-corrected chi connectivity index (χ0v) is 14.8. The minimum absolute atomic E-state index is 0.647. The first-order chi connectivity index (χ1) is 10.3. The monoisotopic (exact) mass is 294 g/mol. The first-order valence-electron chi connectivity index (χ1n) is 9.53. The average Bonchev–Trinajstić information content (AvgIpc) is 2.87. The highest BCUT2D eigenvalue weighted by molar-refractivity contribution is 4.96. The number of nitrogens with zero attached hydrogens (tertiary/aromatic N) is 2. The third kappa shape index (κ3) is 7.24. The van der Waals surface area contributed by atoms with Gasteiger partial charge in [0.15, 0.2) is 0 Å². The number of rotatable bonds is 13. The second-order valence-electron chi connectivity index (χ2n) is 6.52. The number of hydrogen-bond donors (Lipinski definition) is 0. The predicted molar refractivity (Wildman–Crippen MR) is 94.1 cm³/mol. The van der Waals surface area contributed by atoms with Crippen LogP contribution < -0.4 is 0 Å². The van der Waals surface area contributed by atoms with E-state index in [1.165, 1.54) is 83.7 Å². The molecule has 124 valence electrons. The van der Waals surface area contributed by atoms with Gasteiger partial charge < -0.3 is 9.80 Å². The van der Waals surface area contributed by atoms with Crippen molar-refractivity contribution in [1.29, 1.82) is 0 Å². The van der Waals surface area contributed by atoms with Gasteiger partial charge in [0, 0.05) is 25.5 Å². The molecule has 1 unspecified atom stereocenters. The van der Waals surface area contributed by atoms with Gasteiger partial charge in [-0.25, -0.2) is 0 Å². The van der Waals surface area contributed by atoms with Crippen LogP contribution in [0.25, 0.3) is 0 Å². The molecule has 0 bridgehead atoms. The number of hydrogen-bond acceptors (Lipinski definition) is 2. The number of unbranched alkanes of at least 4 members (excludes halogenated alkanes) is 7. The maximum atomic E-state index is 2.61. The zero-order valence-electron chi connectivity index (χ0n) is 14.8. The van der Waals surface area contributed by atoms with Gasteiger partial charge in [-0.15, -0.1) is 0 Å². The SMILES string of the molecule is CCCCCCCN1C=CN(CCCC)C1CCCCC. The van der Waals surface area contributed by atoms with Crippen LogP contribution in [0.3, 0.4) is 0 Å². The van der Waals surface area contributed by atoms with E-state index < -0.39 is 0 Å². The molecule has 0 aromatic carbocycles. The molecule has 1 rings (SSSR count). The van der Waals surface area contributed by atoms with Crippen molar-refractivity contribution in [3.05, 3.63) is 12.4 Å². The molecule has 0 saturated heterocycles. The Balaban J connectivity index is 2.34. The van der Waals surface area contributed by atoms with Crippen molar-refractivity contribution in [3.63, 3.8) is 0 Å². The zero-order chi connectivity index (χ0) is 15.3. The first kappa shape index (κ1) is 18.4. The maximum absolute atomic E-state index is 2.61. The van der Waals surface area contributed by atoms with Gasteiger partial charge in [-0.2, -0.15) is 0 Å². The van der Waals surface area contributed by atoms with Gasteiger partial charge >= 0.3 is 0 Å². The molecule has 0 aliphatic carbocycles. The van der Waals surface area contributed by atoms with Crippen LogP contribution in [0.2, 0.25) is 0 Å². The van der Waals surface area contributed by atoms with Gasteiger partial charge in [-0.05, 0) is 25.7 Å². The van der Waals surface area contributed by atoms with Gasteiger partial charge in [0.2, 0.25) is 0 Å². The van der Waals surface area contributed by atoms with Crippen molar-refractivity contribution in [2.45, 2.75) is 97.6 Å². The molecule has 21 heavy (non-hydrogen) atoms. The molecule has 0 aromatic rings. The van der Waals surface area contributed by atoms with Gasteiger partial charge in [0.25, 0.3) is 0 Å². The summed E-state index contributed by atoms with van der Waals surface area (Å²) >= 11 is 0. The Morgan fingerprint density at radius 2 is 1.14 bits per heavy atom. The topological polar surface area (TPSA) is 6.48 Å². The highest BCUT2D eigenvalue weighted by Gasteiger charge is 2.24. The van der Waals surface area contributed by atoms with E-state index in [-0.39, 0.29) is 0 Å². The van der Waals surface area contributed by atoms with Crippen molar-refractivity contribution in [1.82, 2.24) is 9.80 Å². The summed E-state index contributed by atoms with van der Waals surface area (Å²) in [6.45, 7) is 9.36. The summed E-state index contributed by atoms with van der Waals surface area (Å²) in [7, 11) is 0. The van der Waals surface area contributed by atoms with Crippen LogP contribution >= 0.6 is 0 Å². The second-order valence-corrected chi connectivity index (χ2v) is 6.52. The Morgan fingerprint density at radius 3 is 1.76 bits per heavy atom. The van der Waals surface area contributed by atoms with E-state index in [1.54, 1.807) is 0 Å². The Hall–Kier alpha value is -0.660. The fourth-order valence-corrected chi connectivity index (χ4v) is 3.15. The van der Waals surface area contributed by atoms with Crippen molar-refractivity contribution < 1.29 is 0 Å². The second kappa shape index (κ2) is 11.9. The predicted octanol–water partition coefficient (Wildman–Crippen LogP) is 5.75. The van der Waals surface area contributed by atoms with Crippen molar-refractivity contribution in [2.75, 3.05) is 13.1 Å². The molecule has 0 amide bonds. The van der Waals surface area contributed by atoms with E-state index >= 15 is 0 Å². The van der Waals surface area contributed by atoms with Crippen LogP contribution in [0.15, 0.2) is 12.4 Å². The first-order valence-corrected chi connectivity index (χ1v) is 9.53. The van der Waals surface area contributed by atoms with E-state index in [9.17, 15) is 0 Å². The van der Waals surface area contributed by atoms with Gasteiger partial charge in [-0.3, -0.25) is 0 Å². The van der Waals surface area contributed by atoms with Crippen LogP contribution in [0, 0.1) is 0 Å². The lowest BCUT2D eigenvalue weighted by atomic mass is 10.1. The van der Waals surface area contributed by atoms with Crippen LogP contribution in [0.4, 0.5) is 0 Å². The van der Waals surface area contributed by atoms with Gasteiger partial charge in [-0.1, -0.05) is 65.7 Å². The van der Waals surface area contributed by atoms with E-state index in [0.29, 0.717) is 6.17 Å². The Kier molecular flexibility index (Phi) is 10.5. The summed E-state index contributed by atoms with van der Waals surface area (Å²) in [5.41, 5.74) is 0. The smallest absolute Gasteiger partial charge is 0.101 e. The molecular weight excluding hydrogens is 256 g/mol. The molecule has 0 aromatic heterocycles. The van der Waals surface area contributed by atoms with E-state index in [0.717, 1.165) is 0 Å². The highest BCUT2D eigenvalue weighted by atomic mass is 15.4. The van der Waals surface area contributed by atoms with Crippen molar-refractivity contribution in [2.24, 2.45) is 0 Å². The molecule has 1 aliphatic heterocycles. The van der Waals surface area contributed by atoms with E-state index in [4.69, 9.17) is 0 Å². The third-order valence-corrected chi connectivity index (χ3v) is 4.57. The Morgan fingerprint density at radius 1 is 0.619 bits per heavy atom. The largest absolute Gasteiger partial charge is 0.356 e. The van der Waals surface area contributed by atoms with Crippen LogP contribution in [-0.4, -0.2) is 29.1 Å². The fourth-order valence-electron chi connectivity index (χ4n) is 3.15. The summed E-state index contributed by atoms with van der Waals surface area (Å²) in [6.07, 6.45) is 20.3. The fraction of sp³-hybridized carbons (Fsp3) is 0.895. The van der Waals surface area contributed by atoms with Gasteiger partial charge in [0.05, 0.1) is 0 Å². The molecule has 0 radical (unpaired) electrons. The molecule has 2 nitrogen and oxygen atoms in total. The normalized spacial score (nSPS) is 18.0. The molecule has 0 saturated carbocycles. The molecule has 0 spiro atoms. The van der Waals surface area contributed by atoms with Crippen LogP contribution in [0.1, 0.15) is 91.4 Å². The lowest BCUT2D eigenvalue weighted by Crippen LogP contribution is -2.39. The molecule has 1 heterocycles. The van der Waals surface area contributed by atoms with Crippen LogP contribution in [0.5, 0.6) is 0 Å². The van der Waals surface area contributed by atoms with Crippen LogP contribution in [-0.2, 0) is 0 Å². The Labute approximate surface area is 133 Å². The quantitative estimate of drug-likeness (QED) is 0.399. The molecule has 0 N–H and O–H groups in total. The summed E-state index contributed by atoms with van der Waals surface area (Å²) < 4.78 is 0. The molecule has 0 fully saturated rings. The summed E-state index contributed by atoms with van der Waals surface area (Å²) in [5.74, 6) is 0. The van der Waals surface area contributed by atoms with Gasteiger partial charge in [0.1, 0.15) is 6.17 Å². The molecule has 2 heteroatoms. The average molecular weight is 295 g/mol. The van der Waals surface area contributed by atoms with Crippen molar-refractivity contribution >= 4 is 0 Å². The lowest BCUT2D eigenvalue weighted by molar-refractivity contribution is 0.136. The summed E-state index contributed by atoms with van der Waals surface area (Å²) in [4.78, 5) is 5.20. The molecule has 1 aliphatic rings. The minimum atomic E-state index is 0.647. The summed E-state index contributed by atoms with van der Waals surface area (Å²) in [6, 6.07) is 0. The van der Waals surface area contributed by atoms with E-state index in [2.05, 4.69) is 43.0 Å². The maximum Gasteiger partial charge on any atom is 0.101 e. The lowest BCUT2D eigenvalue weighted by Gasteiger charge is -2.33. The minimum Gasteiger partial charge on any atom is -0.356 e.